The summed E-state index contributed by atoms with van der Waals surface area (Å²) in [7, 11) is -3.29. The molecule has 9 heteroatoms. The van der Waals surface area contributed by atoms with Gasteiger partial charge in [0.2, 0.25) is 10.0 Å². The number of amides is 1. The van der Waals surface area contributed by atoms with Gasteiger partial charge in [-0.25, -0.2) is 17.5 Å². The van der Waals surface area contributed by atoms with E-state index in [1.165, 1.54) is 4.31 Å². The maximum absolute atomic E-state index is 13.0. The molecule has 24 heavy (non-hydrogen) atoms. The van der Waals surface area contributed by atoms with E-state index in [-0.39, 0.29) is 19.0 Å². The van der Waals surface area contributed by atoms with Gasteiger partial charge < -0.3 is 14.4 Å². The van der Waals surface area contributed by atoms with E-state index < -0.39 is 21.6 Å². The van der Waals surface area contributed by atoms with Gasteiger partial charge in [0.15, 0.2) is 0 Å². The van der Waals surface area contributed by atoms with Crippen LogP contribution in [0.3, 0.4) is 0 Å². The molecule has 1 spiro atoms. The molecule has 2 fully saturated rings. The van der Waals surface area contributed by atoms with Crippen LogP contribution in [0.15, 0.2) is 11.1 Å². The molecule has 3 heterocycles. The van der Waals surface area contributed by atoms with Crippen LogP contribution >= 0.6 is 0 Å². The molecule has 0 aliphatic carbocycles. The van der Waals surface area contributed by atoms with E-state index in [4.69, 9.17) is 9.47 Å². The Morgan fingerprint density at radius 1 is 1.12 bits per heavy atom. The molecule has 0 aromatic carbocycles. The number of nitrogens with zero attached hydrogens (tertiary/aromatic N) is 2. The number of sulfonamides is 1. The number of hydrogen-bond donors (Lipinski definition) is 0. The largest absolute Gasteiger partial charge is 0.450 e. The Hall–Kier alpha value is -1.45. The second kappa shape index (κ2) is 6.12. The van der Waals surface area contributed by atoms with Gasteiger partial charge in [-0.3, -0.25) is 4.79 Å². The summed E-state index contributed by atoms with van der Waals surface area (Å²) < 4.78 is 35.6. The fourth-order valence-corrected chi connectivity index (χ4v) is 4.41. The van der Waals surface area contributed by atoms with Crippen molar-refractivity contribution in [3.63, 3.8) is 0 Å². The van der Waals surface area contributed by atoms with Crippen molar-refractivity contribution >= 4 is 21.9 Å². The average molecular weight is 358 g/mol. The lowest BCUT2D eigenvalue weighted by molar-refractivity contribution is -0.150. The smallest absolute Gasteiger partial charge is 0.335 e. The van der Waals surface area contributed by atoms with Crippen molar-refractivity contribution < 1.29 is 27.5 Å². The van der Waals surface area contributed by atoms with E-state index in [2.05, 4.69) is 0 Å². The molecule has 8 nitrogen and oxygen atoms in total. The number of rotatable bonds is 2. The minimum absolute atomic E-state index is 0.200. The predicted molar refractivity (Wildman–Crippen MR) is 84.6 cm³/mol. The number of carbonyl (C=O) groups excluding carboxylic acids is 2. The van der Waals surface area contributed by atoms with E-state index >= 15 is 0 Å². The quantitative estimate of drug-likeness (QED) is 0.619. The maximum Gasteiger partial charge on any atom is 0.335 e. The van der Waals surface area contributed by atoms with Gasteiger partial charge in [0.1, 0.15) is 5.60 Å². The highest BCUT2D eigenvalue weighted by atomic mass is 32.2. The molecule has 0 N–H and O–H groups in total. The van der Waals surface area contributed by atoms with Gasteiger partial charge in [-0.05, 0) is 6.92 Å². The van der Waals surface area contributed by atoms with E-state index in [0.29, 0.717) is 50.3 Å². The molecule has 0 unspecified atom stereocenters. The zero-order chi connectivity index (χ0) is 17.5. The van der Waals surface area contributed by atoms with Crippen molar-refractivity contribution in [1.82, 2.24) is 9.21 Å². The minimum Gasteiger partial charge on any atom is -0.450 e. The Morgan fingerprint density at radius 3 is 2.25 bits per heavy atom. The normalized spacial score (nSPS) is 25.2. The van der Waals surface area contributed by atoms with Gasteiger partial charge in [-0.15, -0.1) is 0 Å². The summed E-state index contributed by atoms with van der Waals surface area (Å²) in [6.45, 7) is 3.99. The van der Waals surface area contributed by atoms with Crippen molar-refractivity contribution in [3.05, 3.63) is 11.1 Å². The number of piperidine rings is 1. The van der Waals surface area contributed by atoms with Crippen molar-refractivity contribution in [2.24, 2.45) is 0 Å². The van der Waals surface area contributed by atoms with Crippen molar-refractivity contribution in [2.75, 3.05) is 45.6 Å². The molecule has 3 rings (SSSR count). The summed E-state index contributed by atoms with van der Waals surface area (Å²) in [5, 5.41) is 0. The first-order valence-electron chi connectivity index (χ1n) is 8.01. The zero-order valence-electron chi connectivity index (χ0n) is 13.9. The molecule has 3 aliphatic heterocycles. The van der Waals surface area contributed by atoms with Gasteiger partial charge in [-0.2, -0.15) is 0 Å². The van der Waals surface area contributed by atoms with Gasteiger partial charge in [-0.1, -0.05) is 0 Å². The number of ether oxygens (including phenoxy) is 2. The van der Waals surface area contributed by atoms with Crippen LogP contribution in [0.1, 0.15) is 19.8 Å². The summed E-state index contributed by atoms with van der Waals surface area (Å²) in [6.07, 6.45) is 1.76. The van der Waals surface area contributed by atoms with Gasteiger partial charge >= 0.3 is 5.97 Å². The standard InChI is InChI=1S/C15H22N2O6S/c1-11-12(13(18)16-7-9-22-10-8-16)15(23-14(11)19)3-5-17(6-4-15)24(2,20)21/h3-10H2,1-2H3. The third-order valence-electron chi connectivity index (χ3n) is 4.94. The Labute approximate surface area is 141 Å². The van der Waals surface area contributed by atoms with Gasteiger partial charge in [0.05, 0.1) is 25.0 Å². The summed E-state index contributed by atoms with van der Waals surface area (Å²) in [6, 6.07) is 0. The summed E-state index contributed by atoms with van der Waals surface area (Å²) in [5.74, 6) is -0.686. The van der Waals surface area contributed by atoms with Crippen LogP contribution in [-0.2, 0) is 29.1 Å². The Morgan fingerprint density at radius 2 is 1.71 bits per heavy atom. The summed E-state index contributed by atoms with van der Waals surface area (Å²) in [5.41, 5.74) is -0.278. The molecule has 0 radical (unpaired) electrons. The van der Waals surface area contributed by atoms with E-state index in [0.717, 1.165) is 6.26 Å². The average Bonchev–Trinajstić information content (AvgIpc) is 2.77. The molecule has 3 aliphatic rings. The van der Waals surface area contributed by atoms with E-state index in [1.54, 1.807) is 11.8 Å². The van der Waals surface area contributed by atoms with Crippen LogP contribution in [0.25, 0.3) is 0 Å². The van der Waals surface area contributed by atoms with E-state index in [9.17, 15) is 18.0 Å². The number of esters is 1. The van der Waals surface area contributed by atoms with Crippen molar-refractivity contribution in [1.29, 1.82) is 0 Å². The summed E-state index contributed by atoms with van der Waals surface area (Å²) >= 11 is 0. The molecule has 0 aromatic rings. The zero-order valence-corrected chi connectivity index (χ0v) is 14.7. The van der Waals surface area contributed by atoms with Crippen LogP contribution in [0.5, 0.6) is 0 Å². The molecule has 2 saturated heterocycles. The highest BCUT2D eigenvalue weighted by Gasteiger charge is 2.52. The minimum atomic E-state index is -3.29. The molecule has 0 bridgehead atoms. The number of hydrogen-bond acceptors (Lipinski definition) is 6. The fraction of sp³-hybridized carbons (Fsp3) is 0.733. The van der Waals surface area contributed by atoms with Crippen molar-refractivity contribution in [2.45, 2.75) is 25.4 Å². The molecular weight excluding hydrogens is 336 g/mol. The van der Waals surface area contributed by atoms with Gasteiger partial charge in [0.25, 0.3) is 5.91 Å². The molecule has 0 saturated carbocycles. The molecule has 0 aromatic heterocycles. The SMILES string of the molecule is CC1=C(C(=O)N2CCOCC2)C2(CCN(S(C)(=O)=O)CC2)OC1=O. The monoisotopic (exact) mass is 358 g/mol. The molecule has 0 atom stereocenters. The second-order valence-corrected chi connectivity index (χ2v) is 8.43. The van der Waals surface area contributed by atoms with Crippen LogP contribution in [-0.4, -0.2) is 80.7 Å². The lowest BCUT2D eigenvalue weighted by atomic mass is 9.83. The molecule has 134 valence electrons. The second-order valence-electron chi connectivity index (χ2n) is 6.45. The van der Waals surface area contributed by atoms with Crippen LogP contribution in [0.2, 0.25) is 0 Å². The maximum atomic E-state index is 13.0. The first kappa shape index (κ1) is 17.4. The first-order chi connectivity index (χ1) is 11.2. The van der Waals surface area contributed by atoms with Crippen molar-refractivity contribution in [3.8, 4) is 0 Å². The lowest BCUT2D eigenvalue weighted by Gasteiger charge is -2.39. The number of morpholine rings is 1. The van der Waals surface area contributed by atoms with Gasteiger partial charge in [0, 0.05) is 44.6 Å². The Balaban J connectivity index is 1.86. The third kappa shape index (κ3) is 2.96. The Kier molecular flexibility index (Phi) is 4.43. The topological polar surface area (TPSA) is 93.2 Å². The third-order valence-corrected chi connectivity index (χ3v) is 6.24. The highest BCUT2D eigenvalue weighted by Crippen LogP contribution is 2.42. The molecule has 1 amide bonds. The number of carbonyl (C=O) groups is 2. The summed E-state index contributed by atoms with van der Waals surface area (Å²) in [4.78, 5) is 26.7. The highest BCUT2D eigenvalue weighted by molar-refractivity contribution is 7.88. The fourth-order valence-electron chi connectivity index (χ4n) is 3.56. The van der Waals surface area contributed by atoms with Crippen LogP contribution in [0, 0.1) is 0 Å². The Bertz CT molecular complexity index is 685. The van der Waals surface area contributed by atoms with E-state index in [1.807, 2.05) is 0 Å². The predicted octanol–water partition coefficient (Wildman–Crippen LogP) is -0.487. The van der Waals surface area contributed by atoms with Crippen LogP contribution in [0.4, 0.5) is 0 Å². The lowest BCUT2D eigenvalue weighted by Crippen LogP contribution is -2.51. The first-order valence-corrected chi connectivity index (χ1v) is 9.86. The molecular formula is C15H22N2O6S. The van der Waals surface area contributed by atoms with Crippen LogP contribution < -0.4 is 0 Å².